The van der Waals surface area contributed by atoms with Gasteiger partial charge in [-0.15, -0.1) is 0 Å². The van der Waals surface area contributed by atoms with Crippen LogP contribution in [0.3, 0.4) is 0 Å². The van der Waals surface area contributed by atoms with E-state index in [1.54, 1.807) is 6.20 Å². The van der Waals surface area contributed by atoms with Crippen molar-refractivity contribution < 1.29 is 8.83 Å². The molecule has 0 spiro atoms. The lowest BCUT2D eigenvalue weighted by atomic mass is 9.94. The molecule has 2 aliphatic carbocycles. The van der Waals surface area contributed by atoms with Crippen LogP contribution in [0.2, 0.25) is 0 Å². The Morgan fingerprint density at radius 1 is 0.240 bits per heavy atom. The number of hydrogen-bond acceptors (Lipinski definition) is 6. The number of hydrogen-bond donors (Lipinski definition) is 0. The van der Waals surface area contributed by atoms with E-state index in [0.29, 0.717) is 5.71 Å². The van der Waals surface area contributed by atoms with Gasteiger partial charge in [0.1, 0.15) is 11.3 Å². The van der Waals surface area contributed by atoms with Gasteiger partial charge in [0.2, 0.25) is 5.71 Å². The Morgan fingerprint density at radius 2 is 0.730 bits per heavy atom. The fraction of sp³-hybridized carbons (Fsp3) is 0. The second-order valence-electron chi connectivity index (χ2n) is 26.3. The highest BCUT2D eigenvalue weighted by atomic mass is 16.3. The van der Waals surface area contributed by atoms with Crippen LogP contribution < -0.4 is 9.80 Å². The van der Waals surface area contributed by atoms with Crippen molar-refractivity contribution in [1.29, 1.82) is 0 Å². The Labute approximate surface area is 575 Å². The molecule has 0 atom stereocenters. The maximum Gasteiger partial charge on any atom is 0.227 e. The maximum atomic E-state index is 7.14. The van der Waals surface area contributed by atoms with Gasteiger partial charge in [-0.2, -0.15) is 0 Å². The number of anilines is 6. The topological polar surface area (TPSA) is 58.5 Å². The minimum Gasteiger partial charge on any atom is -0.454 e. The van der Waals surface area contributed by atoms with Gasteiger partial charge in [-0.3, -0.25) is 4.98 Å². The molecule has 6 nitrogen and oxygen atoms in total. The van der Waals surface area contributed by atoms with Gasteiger partial charge in [-0.25, -0.2) is 4.98 Å². The number of aromatic nitrogens is 2. The van der Waals surface area contributed by atoms with E-state index in [1.165, 1.54) is 99.1 Å². The van der Waals surface area contributed by atoms with Gasteiger partial charge in [-0.1, -0.05) is 224 Å². The zero-order valence-electron chi connectivity index (χ0n) is 53.9. The molecule has 4 heterocycles. The first-order valence-corrected chi connectivity index (χ1v) is 34.1. The third-order valence-electron chi connectivity index (χ3n) is 20.9. The second-order valence-corrected chi connectivity index (χ2v) is 26.3. The van der Waals surface area contributed by atoms with Crippen LogP contribution in [0.1, 0.15) is 0 Å². The van der Waals surface area contributed by atoms with Gasteiger partial charge in [0.05, 0.1) is 11.9 Å². The Bertz CT molecular complexity index is 6560. The van der Waals surface area contributed by atoms with Crippen molar-refractivity contribution >= 4 is 110 Å². The molecule has 2 aliphatic rings. The summed E-state index contributed by atoms with van der Waals surface area (Å²) in [6.45, 7) is 0. The van der Waals surface area contributed by atoms with Crippen LogP contribution >= 0.6 is 0 Å². The third-order valence-corrected chi connectivity index (χ3v) is 20.9. The minimum atomic E-state index is 0.620. The molecular formula is C94H56N4O2. The number of furan rings is 2. The van der Waals surface area contributed by atoms with E-state index in [2.05, 4.69) is 330 Å². The van der Waals surface area contributed by atoms with Crippen molar-refractivity contribution in [2.45, 2.75) is 0 Å². The van der Waals surface area contributed by atoms with Crippen molar-refractivity contribution in [3.8, 4) is 100 Å². The fourth-order valence-electron chi connectivity index (χ4n) is 16.2. The molecule has 0 unspecified atom stereocenters. The molecule has 0 bridgehead atoms. The summed E-state index contributed by atoms with van der Waals surface area (Å²) < 4.78 is 13.8. The fourth-order valence-corrected chi connectivity index (χ4v) is 16.2. The van der Waals surface area contributed by atoms with E-state index < -0.39 is 0 Å². The highest BCUT2D eigenvalue weighted by Gasteiger charge is 2.28. The molecule has 21 rings (SSSR count). The monoisotopic (exact) mass is 1270 g/mol. The number of para-hydroxylation sites is 1. The molecule has 0 N–H and O–H groups in total. The van der Waals surface area contributed by atoms with Crippen LogP contribution in [0.4, 0.5) is 34.1 Å². The Hall–Kier alpha value is -13.4. The molecule has 0 amide bonds. The molecule has 464 valence electrons. The summed E-state index contributed by atoms with van der Waals surface area (Å²) in [7, 11) is 0. The first kappa shape index (κ1) is 55.8. The molecule has 4 aromatic heterocycles. The summed E-state index contributed by atoms with van der Waals surface area (Å²) in [6.07, 6.45) is 5.67. The predicted molar refractivity (Wildman–Crippen MR) is 415 cm³/mol. The van der Waals surface area contributed by atoms with Gasteiger partial charge >= 0.3 is 0 Å². The van der Waals surface area contributed by atoms with Crippen molar-refractivity contribution in [2.75, 3.05) is 9.80 Å². The zero-order chi connectivity index (χ0) is 65.5. The molecule has 19 aromatic rings. The minimum absolute atomic E-state index is 0.620. The van der Waals surface area contributed by atoms with Gasteiger partial charge in [0.25, 0.3) is 0 Å². The molecular weight excluding hydrogens is 1220 g/mol. The van der Waals surface area contributed by atoms with Crippen LogP contribution in [0, 0.1) is 0 Å². The summed E-state index contributed by atoms with van der Waals surface area (Å²) in [5, 5.41) is 11.5. The van der Waals surface area contributed by atoms with E-state index >= 15 is 0 Å². The van der Waals surface area contributed by atoms with Crippen molar-refractivity contribution in [3.63, 3.8) is 0 Å². The summed E-state index contributed by atoms with van der Waals surface area (Å²) in [4.78, 5) is 14.2. The van der Waals surface area contributed by atoms with Gasteiger partial charge in [0.15, 0.2) is 11.2 Å². The highest BCUT2D eigenvalue weighted by Crippen LogP contribution is 2.53. The summed E-state index contributed by atoms with van der Waals surface area (Å²) in [5.41, 5.74) is 30.4. The van der Waals surface area contributed by atoms with Crippen molar-refractivity contribution in [2.24, 2.45) is 0 Å². The number of fused-ring (bicyclic) bond motifs is 13. The van der Waals surface area contributed by atoms with Crippen LogP contribution in [-0.2, 0) is 0 Å². The molecule has 0 saturated heterocycles. The molecule has 0 aliphatic heterocycles. The molecule has 0 radical (unpaired) electrons. The lowest BCUT2D eigenvalue weighted by Crippen LogP contribution is -2.10. The normalized spacial score (nSPS) is 12.0. The maximum absolute atomic E-state index is 7.14. The summed E-state index contributed by atoms with van der Waals surface area (Å²) >= 11 is 0. The first-order valence-electron chi connectivity index (χ1n) is 34.1. The predicted octanol–water partition coefficient (Wildman–Crippen LogP) is 26.3. The number of benzene rings is 15. The third kappa shape index (κ3) is 8.70. The highest BCUT2D eigenvalue weighted by molar-refractivity contribution is 6.20. The molecule has 15 aromatic carbocycles. The first-order chi connectivity index (χ1) is 49.6. The number of pyridine rings is 2. The van der Waals surface area contributed by atoms with E-state index in [0.717, 1.165) is 106 Å². The van der Waals surface area contributed by atoms with Crippen LogP contribution in [0.15, 0.2) is 349 Å². The second kappa shape index (κ2) is 22.1. The molecule has 100 heavy (non-hydrogen) atoms. The Balaban J connectivity index is 0.617. The smallest absolute Gasteiger partial charge is 0.227 e. The summed E-state index contributed by atoms with van der Waals surface area (Å²) in [6, 6.07) is 117. The number of nitrogens with zero attached hydrogens (tertiary/aromatic N) is 4. The SMILES string of the molecule is c1ccc(-c2ccc(N(c3ccc(-c4cc5c6c(cccc6c4)-c4ccccc4-5)cc3)c3cncc4c3oc3cc(-c5ccc6c(c5)-c5ccc(-c7ccc(N(c8ccc(-c9cccc%10ccccc9%10)cc8)c8cccc9c8oc8ncccc89)cc7)c7cccc-6c57)ccc34)cc2)cc1. The Kier molecular flexibility index (Phi) is 12.3. The molecule has 6 heteroatoms. The molecule has 0 fully saturated rings. The van der Waals surface area contributed by atoms with Crippen LogP contribution in [-0.4, -0.2) is 9.97 Å². The average molecular weight is 1270 g/mol. The zero-order valence-corrected chi connectivity index (χ0v) is 53.9. The Morgan fingerprint density at radius 3 is 1.50 bits per heavy atom. The van der Waals surface area contributed by atoms with Crippen molar-refractivity contribution in [3.05, 3.63) is 340 Å². The number of rotatable bonds is 11. The van der Waals surface area contributed by atoms with E-state index in [9.17, 15) is 0 Å². The van der Waals surface area contributed by atoms with Gasteiger partial charge in [0, 0.05) is 56.7 Å². The van der Waals surface area contributed by atoms with Gasteiger partial charge in [-0.05, 0) is 230 Å². The lowest BCUT2D eigenvalue weighted by molar-refractivity contribution is 0.654. The average Bonchev–Trinajstić information content (AvgIpc) is 1.56. The summed E-state index contributed by atoms with van der Waals surface area (Å²) in [5.74, 6) is 0. The van der Waals surface area contributed by atoms with E-state index in [1.807, 2.05) is 18.5 Å². The van der Waals surface area contributed by atoms with Crippen LogP contribution in [0.25, 0.3) is 176 Å². The quantitative estimate of drug-likeness (QED) is 0.129. The van der Waals surface area contributed by atoms with Crippen molar-refractivity contribution in [1.82, 2.24) is 9.97 Å². The standard InChI is InChI=1S/C94H56N4O2/c1-2-13-57(14-3-1)58-28-38-69(39-29-58)98(70-40-30-59(31-41-70)66-51-65-17-9-22-79-74-19-6-7-20-75(74)85(53-66)90(65)79)88-56-95-55-86-77-47-37-64(54-89(77)99-93(86)88)63-36-46-76-80-24-10-23-78-73(48-49-81(91(78)80)84(76)52-63)62-34-44-68(45-35-62)97(87-27-11-25-82-83-26-12-50-96-94(83)100-92(82)87)67-42-32-61(33-43-67)72-21-8-16-60-15-4-5-18-71(60)72/h1-56H. The lowest BCUT2D eigenvalue weighted by Gasteiger charge is -2.26. The molecule has 0 saturated carbocycles. The van der Waals surface area contributed by atoms with Gasteiger partial charge < -0.3 is 18.6 Å². The van der Waals surface area contributed by atoms with E-state index in [-0.39, 0.29) is 0 Å². The van der Waals surface area contributed by atoms with E-state index in [4.69, 9.17) is 13.8 Å². The van der Waals surface area contributed by atoms with Crippen LogP contribution in [0.5, 0.6) is 0 Å². The largest absolute Gasteiger partial charge is 0.454 e.